The largest absolute Gasteiger partial charge is 0.426 e. The average Bonchev–Trinajstić information content (AvgIpc) is 3.65. The van der Waals surface area contributed by atoms with Crippen LogP contribution in [0.2, 0.25) is 0 Å². The molecule has 1 saturated carbocycles. The van der Waals surface area contributed by atoms with Crippen LogP contribution in [0.25, 0.3) is 11.1 Å². The molecule has 1 unspecified atom stereocenters. The monoisotopic (exact) mass is 541 g/mol. The molecule has 1 N–H and O–H groups in total. The predicted molar refractivity (Wildman–Crippen MR) is 144 cm³/mol. The number of hydrogen-bond donors (Lipinski definition) is 1. The van der Waals surface area contributed by atoms with Crippen molar-refractivity contribution >= 4 is 56.0 Å². The molecule has 10 heteroatoms. The Morgan fingerprint density at radius 1 is 1.08 bits per heavy atom. The minimum absolute atomic E-state index is 0.246. The molecule has 0 amide bonds. The second-order valence-electron chi connectivity index (χ2n) is 9.30. The molecule has 1 atom stereocenters. The maximum absolute atomic E-state index is 15.2. The highest BCUT2D eigenvalue weighted by Gasteiger charge is 2.43. The van der Waals surface area contributed by atoms with Gasteiger partial charge in [-0.1, -0.05) is 45.0 Å². The number of anilines is 2. The Hall–Kier alpha value is -2.66. The molecule has 186 valence electrons. The van der Waals surface area contributed by atoms with E-state index in [1.807, 2.05) is 22.4 Å². The third-order valence-electron chi connectivity index (χ3n) is 6.96. The van der Waals surface area contributed by atoms with Crippen molar-refractivity contribution in [3.05, 3.63) is 57.0 Å². The van der Waals surface area contributed by atoms with E-state index in [9.17, 15) is 9.59 Å². The summed E-state index contributed by atoms with van der Waals surface area (Å²) in [4.78, 5) is 30.7. The van der Waals surface area contributed by atoms with Gasteiger partial charge in [0.15, 0.2) is 5.78 Å². The van der Waals surface area contributed by atoms with Gasteiger partial charge in [-0.25, -0.2) is 4.39 Å². The van der Waals surface area contributed by atoms with Crippen LogP contribution in [-0.2, 0) is 4.79 Å². The number of halogens is 1. The number of hydrogen-bond acceptors (Lipinski definition) is 9. The van der Waals surface area contributed by atoms with Gasteiger partial charge in [0.05, 0.1) is 11.4 Å². The van der Waals surface area contributed by atoms with Gasteiger partial charge in [0.1, 0.15) is 21.3 Å². The van der Waals surface area contributed by atoms with Crippen molar-refractivity contribution in [1.29, 1.82) is 0 Å². The van der Waals surface area contributed by atoms with Crippen LogP contribution in [0, 0.1) is 15.6 Å². The SMILES string of the molecule is O=C(Oc1ccc(-c2cssc2=S)cc1)C1CN(C2CC2)c2cc(N3CCNCC3)c(F)cc2C1=O. The first-order valence-corrected chi connectivity index (χ1v) is 14.6. The number of carbonyl (C=O) groups excluding carboxylic acids is 2. The molecule has 3 aromatic rings. The Balaban J connectivity index is 1.25. The lowest BCUT2D eigenvalue weighted by atomic mass is 9.90. The first kappa shape index (κ1) is 23.7. The second kappa shape index (κ2) is 9.66. The molecule has 2 aliphatic heterocycles. The molecule has 6 rings (SSSR count). The fraction of sp³-hybridized carbons (Fsp3) is 0.346. The summed E-state index contributed by atoms with van der Waals surface area (Å²) in [6.07, 6.45) is 1.98. The number of ketones is 1. The van der Waals surface area contributed by atoms with Gasteiger partial charge in [-0.15, -0.1) is 0 Å². The molecule has 2 aromatic carbocycles. The lowest BCUT2D eigenvalue weighted by Crippen LogP contribution is -2.46. The molecule has 1 aliphatic carbocycles. The topological polar surface area (TPSA) is 61.9 Å². The number of nitrogens with one attached hydrogen (secondary N) is 1. The van der Waals surface area contributed by atoms with Gasteiger partial charge in [0.25, 0.3) is 0 Å². The Morgan fingerprint density at radius 3 is 2.50 bits per heavy atom. The number of ether oxygens (including phenoxy) is 1. The van der Waals surface area contributed by atoms with E-state index in [-0.39, 0.29) is 23.9 Å². The summed E-state index contributed by atoms with van der Waals surface area (Å²) < 4.78 is 21.6. The summed E-state index contributed by atoms with van der Waals surface area (Å²) in [5.74, 6) is -2.06. The minimum Gasteiger partial charge on any atom is -0.426 e. The summed E-state index contributed by atoms with van der Waals surface area (Å²) in [7, 11) is 3.13. The van der Waals surface area contributed by atoms with Gasteiger partial charge in [0.2, 0.25) is 0 Å². The van der Waals surface area contributed by atoms with Crippen molar-refractivity contribution < 1.29 is 18.7 Å². The molecule has 3 aliphatic rings. The number of fused-ring (bicyclic) bond motifs is 1. The fourth-order valence-electron chi connectivity index (χ4n) is 4.90. The first-order valence-electron chi connectivity index (χ1n) is 12.0. The van der Waals surface area contributed by atoms with E-state index in [0.29, 0.717) is 24.5 Å². The van der Waals surface area contributed by atoms with E-state index in [1.165, 1.54) is 6.07 Å². The number of Topliss-reactive ketones (excluding diaryl/α,β-unsaturated/α-hetero) is 1. The first-order chi connectivity index (χ1) is 17.5. The quantitative estimate of drug-likeness (QED) is 0.158. The summed E-state index contributed by atoms with van der Waals surface area (Å²) in [6.45, 7) is 3.25. The molecule has 36 heavy (non-hydrogen) atoms. The van der Waals surface area contributed by atoms with Crippen LogP contribution >= 0.6 is 32.9 Å². The van der Waals surface area contributed by atoms with Crippen molar-refractivity contribution in [2.24, 2.45) is 5.92 Å². The summed E-state index contributed by atoms with van der Waals surface area (Å²) in [5, 5.41) is 5.28. The maximum atomic E-state index is 15.2. The highest BCUT2D eigenvalue weighted by atomic mass is 32.9. The van der Waals surface area contributed by atoms with E-state index in [2.05, 4.69) is 10.2 Å². The molecule has 0 radical (unpaired) electrons. The smallest absolute Gasteiger partial charge is 0.324 e. The minimum atomic E-state index is -1.000. The van der Waals surface area contributed by atoms with Crippen molar-refractivity contribution in [2.75, 3.05) is 42.5 Å². The van der Waals surface area contributed by atoms with E-state index in [1.54, 1.807) is 38.9 Å². The molecular weight excluding hydrogens is 518 g/mol. The van der Waals surface area contributed by atoms with Gasteiger partial charge in [-0.2, -0.15) is 0 Å². The Labute approximate surface area is 220 Å². The number of esters is 1. The number of rotatable bonds is 5. The fourth-order valence-corrected chi connectivity index (χ4v) is 7.29. The number of carbonyl (C=O) groups is 2. The zero-order valence-electron chi connectivity index (χ0n) is 19.4. The van der Waals surface area contributed by atoms with Gasteiger partial charge in [-0.3, -0.25) is 9.59 Å². The molecular formula is C26H24FN3O3S3. The summed E-state index contributed by atoms with van der Waals surface area (Å²) >= 11 is 5.36. The van der Waals surface area contributed by atoms with Crippen molar-refractivity contribution in [3.63, 3.8) is 0 Å². The van der Waals surface area contributed by atoms with E-state index < -0.39 is 17.7 Å². The lowest BCUT2D eigenvalue weighted by Gasteiger charge is -2.36. The number of benzene rings is 2. The normalized spacial score (nSPS) is 19.8. The third-order valence-corrected chi connectivity index (χ3v) is 9.62. The highest BCUT2D eigenvalue weighted by Crippen LogP contribution is 2.41. The number of nitrogens with zero attached hydrogens (tertiary/aromatic N) is 2. The summed E-state index contributed by atoms with van der Waals surface area (Å²) in [6, 6.07) is 10.5. The van der Waals surface area contributed by atoms with Crippen LogP contribution in [0.3, 0.4) is 0 Å². The van der Waals surface area contributed by atoms with Crippen LogP contribution in [0.1, 0.15) is 23.2 Å². The van der Waals surface area contributed by atoms with E-state index >= 15 is 4.39 Å². The Kier molecular flexibility index (Phi) is 6.37. The lowest BCUT2D eigenvalue weighted by molar-refractivity contribution is -0.137. The Morgan fingerprint density at radius 2 is 1.83 bits per heavy atom. The average molecular weight is 542 g/mol. The molecule has 0 bridgehead atoms. The summed E-state index contributed by atoms with van der Waals surface area (Å²) in [5.41, 5.74) is 3.44. The third kappa shape index (κ3) is 4.47. The van der Waals surface area contributed by atoms with Crippen LogP contribution < -0.4 is 19.9 Å². The van der Waals surface area contributed by atoms with Crippen LogP contribution in [-0.4, -0.2) is 50.5 Å². The zero-order chi connectivity index (χ0) is 24.8. The molecule has 1 saturated heterocycles. The van der Waals surface area contributed by atoms with E-state index in [0.717, 1.165) is 46.6 Å². The molecule has 2 fully saturated rings. The van der Waals surface area contributed by atoms with Gasteiger partial charge in [-0.05, 0) is 42.7 Å². The van der Waals surface area contributed by atoms with Gasteiger partial charge in [0, 0.05) is 55.3 Å². The zero-order valence-corrected chi connectivity index (χ0v) is 21.8. The molecule has 0 spiro atoms. The highest BCUT2D eigenvalue weighted by molar-refractivity contribution is 7.79. The van der Waals surface area contributed by atoms with Crippen molar-refractivity contribution in [1.82, 2.24) is 5.32 Å². The van der Waals surface area contributed by atoms with Crippen LogP contribution in [0.15, 0.2) is 41.8 Å². The number of piperazine rings is 1. The van der Waals surface area contributed by atoms with Crippen molar-refractivity contribution in [2.45, 2.75) is 18.9 Å². The maximum Gasteiger partial charge on any atom is 0.324 e. The van der Waals surface area contributed by atoms with Gasteiger partial charge < -0.3 is 19.9 Å². The van der Waals surface area contributed by atoms with E-state index in [4.69, 9.17) is 17.0 Å². The molecule has 3 heterocycles. The van der Waals surface area contributed by atoms with Crippen molar-refractivity contribution in [3.8, 4) is 16.9 Å². The standard InChI is InChI=1S/C26H24FN3O3S3/c27-21-11-18-22(12-23(21)29-9-7-28-8-10-29)30(16-3-4-16)13-19(24(18)31)25(32)33-17-5-1-15(2-6-17)20-14-35-36-26(20)34/h1-2,5-6,11-12,14,16,19,28H,3-4,7-10,13H2. The second-order valence-corrected chi connectivity index (χ2v) is 12.0. The Bertz CT molecular complexity index is 1380. The van der Waals surface area contributed by atoms with Crippen LogP contribution in [0.5, 0.6) is 5.75 Å². The van der Waals surface area contributed by atoms with Gasteiger partial charge >= 0.3 is 5.97 Å². The molecule has 6 nitrogen and oxygen atoms in total. The predicted octanol–water partition coefficient (Wildman–Crippen LogP) is 5.14. The van der Waals surface area contributed by atoms with Crippen LogP contribution in [0.4, 0.5) is 15.8 Å². The molecule has 1 aromatic heterocycles.